The maximum Gasteiger partial charge on any atom is 0.328 e. The number of primary amides is 1. The van der Waals surface area contributed by atoms with Gasteiger partial charge in [-0.15, -0.1) is 0 Å². The van der Waals surface area contributed by atoms with Crippen LogP contribution in [0.2, 0.25) is 0 Å². The first-order valence-corrected chi connectivity index (χ1v) is 12.6. The quantitative estimate of drug-likeness (QED) is 0.229. The second kappa shape index (κ2) is 11.1. The SMILES string of the molecule is CCOC(=O)[C@@H](NC(=O)N[C@H](C(=O)N1C[C@H]2[C@@H]([C@H]1C(=O)NCC(=O)C(N)=O)C2(C)C)C(C)(C)C)C(C)C. The van der Waals surface area contributed by atoms with Gasteiger partial charge in [0.2, 0.25) is 17.6 Å². The monoisotopic (exact) mass is 523 g/mol. The predicted octanol–water partition coefficient (Wildman–Crippen LogP) is -0.0584. The summed E-state index contributed by atoms with van der Waals surface area (Å²) in [4.78, 5) is 76.2. The number of likely N-dealkylation sites (tertiary alicyclic amines) is 1. The Bertz CT molecular complexity index is 956. The van der Waals surface area contributed by atoms with Gasteiger partial charge in [0.25, 0.3) is 5.91 Å². The molecule has 37 heavy (non-hydrogen) atoms. The summed E-state index contributed by atoms with van der Waals surface area (Å²) in [5, 5.41) is 7.73. The molecule has 0 unspecified atom stereocenters. The smallest absolute Gasteiger partial charge is 0.328 e. The molecule has 12 heteroatoms. The van der Waals surface area contributed by atoms with E-state index >= 15 is 0 Å². The van der Waals surface area contributed by atoms with Gasteiger partial charge in [-0.2, -0.15) is 0 Å². The number of ether oxygens (including phenoxy) is 1. The van der Waals surface area contributed by atoms with Gasteiger partial charge >= 0.3 is 12.0 Å². The van der Waals surface area contributed by atoms with E-state index in [4.69, 9.17) is 10.5 Å². The van der Waals surface area contributed by atoms with Gasteiger partial charge in [-0.3, -0.25) is 19.2 Å². The van der Waals surface area contributed by atoms with Crippen LogP contribution in [0.25, 0.3) is 0 Å². The molecule has 2 aliphatic rings. The van der Waals surface area contributed by atoms with Crippen LogP contribution in [-0.4, -0.2) is 78.2 Å². The lowest BCUT2D eigenvalue weighted by molar-refractivity contribution is -0.146. The van der Waals surface area contributed by atoms with Gasteiger partial charge in [0.05, 0.1) is 13.2 Å². The first kappa shape index (κ1) is 30.0. The highest BCUT2D eigenvalue weighted by atomic mass is 16.5. The number of carbonyl (C=O) groups is 6. The van der Waals surface area contributed by atoms with Crippen molar-refractivity contribution in [2.75, 3.05) is 19.7 Å². The molecule has 0 aromatic rings. The normalized spacial score (nSPS) is 23.4. The summed E-state index contributed by atoms with van der Waals surface area (Å²) in [6.07, 6.45) is 0. The predicted molar refractivity (Wildman–Crippen MR) is 134 cm³/mol. The van der Waals surface area contributed by atoms with E-state index in [1.807, 2.05) is 13.8 Å². The molecule has 0 aromatic heterocycles. The van der Waals surface area contributed by atoms with Crippen LogP contribution in [0.5, 0.6) is 0 Å². The van der Waals surface area contributed by atoms with Crippen molar-refractivity contribution in [3.63, 3.8) is 0 Å². The van der Waals surface area contributed by atoms with Gasteiger partial charge in [0, 0.05) is 6.54 Å². The number of nitrogens with two attached hydrogens (primary N) is 1. The highest BCUT2D eigenvalue weighted by Gasteiger charge is 2.69. The Kier molecular flexibility index (Phi) is 8.98. The van der Waals surface area contributed by atoms with Crippen molar-refractivity contribution in [2.24, 2.45) is 34.3 Å². The lowest BCUT2D eigenvalue weighted by Crippen LogP contribution is -2.61. The molecule has 1 aliphatic heterocycles. The fourth-order valence-corrected chi connectivity index (χ4v) is 5.03. The van der Waals surface area contributed by atoms with E-state index in [1.165, 1.54) is 4.90 Å². The van der Waals surface area contributed by atoms with Crippen LogP contribution in [0.4, 0.5) is 4.79 Å². The molecule has 5 amide bonds. The van der Waals surface area contributed by atoms with Crippen LogP contribution >= 0.6 is 0 Å². The molecule has 208 valence electrons. The minimum atomic E-state index is -1.16. The van der Waals surface area contributed by atoms with Crippen LogP contribution in [0.3, 0.4) is 0 Å². The number of fused-ring (bicyclic) bond motifs is 1. The van der Waals surface area contributed by atoms with E-state index in [0.29, 0.717) is 6.54 Å². The molecule has 12 nitrogen and oxygen atoms in total. The number of Topliss-reactive ketones (excluding diaryl/α,β-unsaturated/α-hetero) is 1. The van der Waals surface area contributed by atoms with Gasteiger partial charge in [-0.1, -0.05) is 48.5 Å². The van der Waals surface area contributed by atoms with Crippen molar-refractivity contribution < 1.29 is 33.5 Å². The first-order valence-electron chi connectivity index (χ1n) is 12.6. The Balaban J connectivity index is 2.23. The standard InChI is InChI=1S/C25H41N5O7/c1-9-37-22(35)16(12(2)3)28-23(36)29-18(24(4,5)6)21(34)30-11-13-15(25(13,7)8)17(30)20(33)27-10-14(31)19(26)32/h12-13,15-18H,9-11H2,1-8H3,(H2,26,32)(H,27,33)(H2,28,29,36)/t13-,15-,16-,17-,18+/m0/s1. The van der Waals surface area contributed by atoms with E-state index in [0.717, 1.165) is 0 Å². The molecule has 1 saturated heterocycles. The molecule has 0 aromatic carbocycles. The lowest BCUT2D eigenvalue weighted by atomic mass is 9.85. The minimum absolute atomic E-state index is 0.0719. The zero-order valence-electron chi connectivity index (χ0n) is 23.0. The van der Waals surface area contributed by atoms with Gasteiger partial charge in [-0.25, -0.2) is 9.59 Å². The van der Waals surface area contributed by atoms with Crippen molar-refractivity contribution in [1.82, 2.24) is 20.9 Å². The minimum Gasteiger partial charge on any atom is -0.464 e. The molecule has 2 rings (SSSR count). The average Bonchev–Trinajstić information content (AvgIpc) is 3.10. The van der Waals surface area contributed by atoms with Crippen molar-refractivity contribution in [3.05, 3.63) is 0 Å². The molecule has 0 radical (unpaired) electrons. The Morgan fingerprint density at radius 1 is 1.08 bits per heavy atom. The number of nitrogens with zero attached hydrogens (tertiary/aromatic N) is 1. The first-order chi connectivity index (χ1) is 16.9. The molecule has 0 spiro atoms. The fraction of sp³-hybridized carbons (Fsp3) is 0.760. The molecule has 5 N–H and O–H groups in total. The summed E-state index contributed by atoms with van der Waals surface area (Å²) >= 11 is 0. The van der Waals surface area contributed by atoms with Gasteiger partial charge in [0.15, 0.2) is 0 Å². The highest BCUT2D eigenvalue weighted by molar-refractivity contribution is 6.36. The molecule has 5 atom stereocenters. The summed E-state index contributed by atoms with van der Waals surface area (Å²) in [6.45, 7) is 14.5. The maximum absolute atomic E-state index is 13.8. The number of carbonyl (C=O) groups excluding carboxylic acids is 6. The van der Waals surface area contributed by atoms with Crippen molar-refractivity contribution in [2.45, 2.75) is 73.5 Å². The fourth-order valence-electron chi connectivity index (χ4n) is 5.03. The number of hydrogen-bond acceptors (Lipinski definition) is 7. The van der Waals surface area contributed by atoms with Crippen molar-refractivity contribution in [3.8, 4) is 0 Å². The molecular weight excluding hydrogens is 482 g/mol. The molecule has 2 fully saturated rings. The highest BCUT2D eigenvalue weighted by Crippen LogP contribution is 2.65. The third-order valence-corrected chi connectivity index (χ3v) is 7.34. The van der Waals surface area contributed by atoms with Gasteiger partial charge in [-0.05, 0) is 35.5 Å². The zero-order valence-corrected chi connectivity index (χ0v) is 23.0. The summed E-state index contributed by atoms with van der Waals surface area (Å²) < 4.78 is 5.04. The third kappa shape index (κ3) is 6.58. The summed E-state index contributed by atoms with van der Waals surface area (Å²) in [6, 6.07) is -3.51. The van der Waals surface area contributed by atoms with Crippen LogP contribution in [0.1, 0.15) is 55.4 Å². The number of esters is 1. The van der Waals surface area contributed by atoms with Gasteiger partial charge < -0.3 is 31.3 Å². The molecule has 1 saturated carbocycles. The number of ketones is 1. The van der Waals surface area contributed by atoms with Crippen LogP contribution < -0.4 is 21.7 Å². The van der Waals surface area contributed by atoms with E-state index < -0.39 is 65.6 Å². The number of hydrogen-bond donors (Lipinski definition) is 4. The number of urea groups is 1. The van der Waals surface area contributed by atoms with Crippen LogP contribution in [-0.2, 0) is 28.7 Å². The van der Waals surface area contributed by atoms with Crippen molar-refractivity contribution >= 4 is 35.5 Å². The van der Waals surface area contributed by atoms with Crippen molar-refractivity contribution in [1.29, 1.82) is 0 Å². The topological polar surface area (TPSA) is 177 Å². The zero-order chi connectivity index (χ0) is 28.5. The van der Waals surface area contributed by atoms with E-state index in [1.54, 1.807) is 41.5 Å². The molecule has 0 bridgehead atoms. The Morgan fingerprint density at radius 2 is 1.68 bits per heavy atom. The number of nitrogens with one attached hydrogen (secondary N) is 3. The average molecular weight is 524 g/mol. The lowest BCUT2D eigenvalue weighted by Gasteiger charge is -2.37. The van der Waals surface area contributed by atoms with E-state index in [-0.39, 0.29) is 29.8 Å². The molecular formula is C25H41N5O7. The number of amides is 5. The summed E-state index contributed by atoms with van der Waals surface area (Å²) in [7, 11) is 0. The van der Waals surface area contributed by atoms with E-state index in [2.05, 4.69) is 16.0 Å². The Morgan fingerprint density at radius 3 is 2.16 bits per heavy atom. The maximum atomic E-state index is 13.8. The number of rotatable bonds is 10. The Labute approximate surface area is 217 Å². The molecule has 1 aliphatic carbocycles. The van der Waals surface area contributed by atoms with Gasteiger partial charge in [0.1, 0.15) is 18.1 Å². The second-order valence-corrected chi connectivity index (χ2v) is 11.8. The Hall–Kier alpha value is -3.18. The van der Waals surface area contributed by atoms with Crippen LogP contribution in [0, 0.1) is 28.6 Å². The summed E-state index contributed by atoms with van der Waals surface area (Å²) in [5.74, 6) is -4.00. The number of piperidine rings is 1. The van der Waals surface area contributed by atoms with E-state index in [9.17, 15) is 28.8 Å². The van der Waals surface area contributed by atoms with Crippen LogP contribution in [0.15, 0.2) is 0 Å². The molecule has 1 heterocycles. The largest absolute Gasteiger partial charge is 0.464 e. The third-order valence-electron chi connectivity index (χ3n) is 7.34. The second-order valence-electron chi connectivity index (χ2n) is 11.8. The summed E-state index contributed by atoms with van der Waals surface area (Å²) in [5.41, 5.74) is 4.05.